The van der Waals surface area contributed by atoms with E-state index in [0.717, 1.165) is 0 Å². The number of fused-ring (bicyclic) bond motifs is 1. The maximum Gasteiger partial charge on any atom is 0.449 e. The van der Waals surface area contributed by atoms with Gasteiger partial charge in [-0.25, -0.2) is 14.6 Å². The van der Waals surface area contributed by atoms with Gasteiger partial charge in [-0.3, -0.25) is 14.5 Å². The van der Waals surface area contributed by atoms with Gasteiger partial charge in [-0.1, -0.05) is 12.1 Å². The molecule has 1 aromatic heterocycles. The number of benzene rings is 2. The van der Waals surface area contributed by atoms with Crippen LogP contribution in [-0.2, 0) is 27.1 Å². The second-order valence-electron chi connectivity index (χ2n) is 9.04. The number of aromatic nitrogens is 2. The van der Waals surface area contributed by atoms with Crippen LogP contribution < -0.4 is 5.32 Å². The van der Waals surface area contributed by atoms with E-state index in [4.69, 9.17) is 19.8 Å². The van der Waals surface area contributed by atoms with E-state index < -0.39 is 23.9 Å². The summed E-state index contributed by atoms with van der Waals surface area (Å²) in [5.41, 5.74) is 2.03. The molecule has 0 aliphatic carbocycles. The largest absolute Gasteiger partial charge is 0.473 e. The number of para-hydroxylation sites is 2. The molecule has 0 unspecified atom stereocenters. The van der Waals surface area contributed by atoms with E-state index in [9.17, 15) is 22.8 Å². The minimum atomic E-state index is -4.51. The Labute approximate surface area is 221 Å². The first-order chi connectivity index (χ1) is 18.3. The van der Waals surface area contributed by atoms with Gasteiger partial charge in [-0.15, -0.1) is 0 Å². The number of nitrogens with one attached hydrogen (secondary N) is 1. The van der Waals surface area contributed by atoms with E-state index in [1.54, 1.807) is 48.5 Å². The minimum Gasteiger partial charge on any atom is -0.473 e. The number of imidazole rings is 1. The maximum absolute atomic E-state index is 13.5. The van der Waals surface area contributed by atoms with Crippen LogP contribution in [-0.4, -0.2) is 67.9 Å². The minimum absolute atomic E-state index is 0.0400. The van der Waals surface area contributed by atoms with E-state index in [1.165, 1.54) is 11.5 Å². The number of aliphatic carboxylic acids is 2. The lowest BCUT2D eigenvalue weighted by Gasteiger charge is -2.32. The summed E-state index contributed by atoms with van der Waals surface area (Å²) in [6.07, 6.45) is -3.12. The summed E-state index contributed by atoms with van der Waals surface area (Å²) in [5.74, 6) is -4.64. The topological polar surface area (TPSA) is 142 Å². The third kappa shape index (κ3) is 8.11. The van der Waals surface area contributed by atoms with E-state index in [0.29, 0.717) is 48.2 Å². The predicted molar refractivity (Wildman–Crippen MR) is 134 cm³/mol. The van der Waals surface area contributed by atoms with Gasteiger partial charge in [0, 0.05) is 17.8 Å². The van der Waals surface area contributed by atoms with Crippen LogP contribution in [0.15, 0.2) is 48.5 Å². The summed E-state index contributed by atoms with van der Waals surface area (Å²) in [6, 6.07) is 13.4. The van der Waals surface area contributed by atoms with E-state index in [1.807, 2.05) is 4.90 Å². The van der Waals surface area contributed by atoms with Crippen molar-refractivity contribution in [1.82, 2.24) is 14.5 Å². The van der Waals surface area contributed by atoms with Crippen molar-refractivity contribution in [3.63, 3.8) is 0 Å². The number of carbonyl (C=O) groups is 4. The molecule has 13 heteroatoms. The van der Waals surface area contributed by atoms with Crippen molar-refractivity contribution in [2.24, 2.45) is 5.92 Å². The Morgan fingerprint density at radius 2 is 1.56 bits per heavy atom. The van der Waals surface area contributed by atoms with Crippen molar-refractivity contribution in [3.05, 3.63) is 59.9 Å². The number of amides is 1. The predicted octanol–water partition coefficient (Wildman–Crippen LogP) is 3.76. The number of ketones is 1. The molecular formula is C26H27F3N4O6. The molecule has 0 bridgehead atoms. The third-order valence-electron chi connectivity index (χ3n) is 6.18. The fourth-order valence-electron chi connectivity index (χ4n) is 4.25. The van der Waals surface area contributed by atoms with Gasteiger partial charge in [-0.2, -0.15) is 13.2 Å². The van der Waals surface area contributed by atoms with Gasteiger partial charge >= 0.3 is 18.1 Å². The summed E-state index contributed by atoms with van der Waals surface area (Å²) in [4.78, 5) is 47.7. The molecule has 2 aromatic carbocycles. The van der Waals surface area contributed by atoms with Crippen LogP contribution in [0.4, 0.5) is 18.9 Å². The number of carboxylic acids is 2. The lowest BCUT2D eigenvalue weighted by atomic mass is 9.96. The standard InChI is InChI=1S/C24H25F3N4O2.C2H2O4/c1-16(32)18-6-8-19(9-7-18)28-22(33)15-30-12-10-17(11-13-30)14-31-21-5-3-2-4-20(21)29-23(31)24(25,26)27;3-1(4)2(5)6/h2-9,17H,10-15H2,1H3,(H,28,33);(H,3,4)(H,5,6). The van der Waals surface area contributed by atoms with Crippen molar-refractivity contribution < 1.29 is 42.6 Å². The first-order valence-corrected chi connectivity index (χ1v) is 12.0. The van der Waals surface area contributed by atoms with Gasteiger partial charge in [0.05, 0.1) is 17.6 Å². The van der Waals surface area contributed by atoms with Crippen molar-refractivity contribution >= 4 is 40.3 Å². The zero-order valence-electron chi connectivity index (χ0n) is 20.9. The summed E-state index contributed by atoms with van der Waals surface area (Å²) in [5, 5.41) is 17.6. The molecule has 1 saturated heterocycles. The molecule has 10 nitrogen and oxygen atoms in total. The number of piperidine rings is 1. The molecule has 1 amide bonds. The quantitative estimate of drug-likeness (QED) is 0.312. The number of carbonyl (C=O) groups excluding carboxylic acids is 2. The van der Waals surface area contributed by atoms with Gasteiger partial charge in [0.2, 0.25) is 11.7 Å². The summed E-state index contributed by atoms with van der Waals surface area (Å²) in [7, 11) is 0. The van der Waals surface area contributed by atoms with E-state index in [2.05, 4.69) is 10.3 Å². The fourth-order valence-corrected chi connectivity index (χ4v) is 4.25. The molecular weight excluding hydrogens is 521 g/mol. The number of Topliss-reactive ketones (excluding diaryl/α,β-unsaturated/α-hetero) is 1. The van der Waals surface area contributed by atoms with Crippen LogP contribution in [0.3, 0.4) is 0 Å². The molecule has 0 saturated carbocycles. The zero-order chi connectivity index (χ0) is 28.7. The van der Waals surface area contributed by atoms with Gasteiger partial charge < -0.3 is 20.1 Å². The number of rotatable bonds is 6. The monoisotopic (exact) mass is 548 g/mol. The van der Waals surface area contributed by atoms with Crippen molar-refractivity contribution in [2.75, 3.05) is 25.0 Å². The average Bonchev–Trinajstić information content (AvgIpc) is 3.25. The zero-order valence-corrected chi connectivity index (χ0v) is 20.9. The van der Waals surface area contributed by atoms with Crippen LogP contribution in [0.1, 0.15) is 35.9 Å². The van der Waals surface area contributed by atoms with Crippen molar-refractivity contribution in [3.8, 4) is 0 Å². The summed E-state index contributed by atoms with van der Waals surface area (Å²) >= 11 is 0. The Morgan fingerprint density at radius 1 is 0.974 bits per heavy atom. The van der Waals surface area contributed by atoms with Crippen LogP contribution in [0.5, 0.6) is 0 Å². The number of alkyl halides is 3. The van der Waals surface area contributed by atoms with Crippen LogP contribution in [0.2, 0.25) is 0 Å². The highest BCUT2D eigenvalue weighted by Crippen LogP contribution is 2.33. The highest BCUT2D eigenvalue weighted by molar-refractivity contribution is 6.27. The number of nitrogens with zero attached hydrogens (tertiary/aromatic N) is 3. The summed E-state index contributed by atoms with van der Waals surface area (Å²) in [6.45, 7) is 3.21. The Hall–Kier alpha value is -4.26. The molecule has 3 aromatic rings. The highest BCUT2D eigenvalue weighted by atomic mass is 19.4. The molecule has 2 heterocycles. The van der Waals surface area contributed by atoms with Crippen molar-refractivity contribution in [1.29, 1.82) is 0 Å². The second-order valence-corrected chi connectivity index (χ2v) is 9.04. The Morgan fingerprint density at radius 3 is 2.10 bits per heavy atom. The number of hydrogen-bond donors (Lipinski definition) is 3. The first-order valence-electron chi connectivity index (χ1n) is 12.0. The normalized spacial score (nSPS) is 14.4. The van der Waals surface area contributed by atoms with E-state index in [-0.39, 0.29) is 30.7 Å². The lowest BCUT2D eigenvalue weighted by Crippen LogP contribution is -2.40. The Balaban J connectivity index is 0.000000631. The number of hydrogen-bond acceptors (Lipinski definition) is 6. The maximum atomic E-state index is 13.5. The van der Waals surface area contributed by atoms with Gasteiger partial charge in [-0.05, 0) is 75.2 Å². The fraction of sp³-hybridized carbons (Fsp3) is 0.346. The molecule has 0 radical (unpaired) electrons. The summed E-state index contributed by atoms with van der Waals surface area (Å²) < 4.78 is 41.9. The molecule has 39 heavy (non-hydrogen) atoms. The molecule has 0 spiro atoms. The number of carboxylic acid groups (broad SMARTS) is 2. The molecule has 1 fully saturated rings. The van der Waals surface area contributed by atoms with Gasteiger partial charge in [0.25, 0.3) is 0 Å². The van der Waals surface area contributed by atoms with Gasteiger partial charge in [0.1, 0.15) is 0 Å². The molecule has 1 aliphatic heterocycles. The molecule has 1 aliphatic rings. The van der Waals surface area contributed by atoms with E-state index >= 15 is 0 Å². The third-order valence-corrected chi connectivity index (χ3v) is 6.18. The molecule has 3 N–H and O–H groups in total. The highest BCUT2D eigenvalue weighted by Gasteiger charge is 2.38. The van der Waals surface area contributed by atoms with Crippen molar-refractivity contribution in [2.45, 2.75) is 32.5 Å². The van der Waals surface area contributed by atoms with Crippen LogP contribution >= 0.6 is 0 Å². The Kier molecular flexibility index (Phi) is 9.41. The number of likely N-dealkylation sites (tertiary alicyclic amines) is 1. The molecule has 0 atom stereocenters. The first kappa shape index (κ1) is 29.3. The average molecular weight is 549 g/mol. The lowest BCUT2D eigenvalue weighted by molar-refractivity contribution is -0.159. The molecule has 208 valence electrons. The smallest absolute Gasteiger partial charge is 0.449 e. The van der Waals surface area contributed by atoms with Crippen LogP contribution in [0.25, 0.3) is 11.0 Å². The van der Waals surface area contributed by atoms with Gasteiger partial charge in [0.15, 0.2) is 5.78 Å². The Bertz CT molecular complexity index is 1330. The molecule has 4 rings (SSSR count). The number of halogens is 3. The number of anilines is 1. The van der Waals surface area contributed by atoms with Crippen LogP contribution in [0, 0.1) is 5.92 Å². The SMILES string of the molecule is CC(=O)c1ccc(NC(=O)CN2CCC(Cn3c(C(F)(F)F)nc4ccccc43)CC2)cc1.O=C(O)C(=O)O. The second kappa shape index (κ2) is 12.5.